The first-order valence-electron chi connectivity index (χ1n) is 7.89. The van der Waals surface area contributed by atoms with Crippen molar-refractivity contribution in [3.05, 3.63) is 34.3 Å². The maximum Gasteiger partial charge on any atom is 0.0453 e. The average Bonchev–Trinajstić information content (AvgIpc) is 3.24. The molecule has 1 aliphatic carbocycles. The number of halogens is 1. The van der Waals surface area contributed by atoms with Crippen molar-refractivity contribution in [1.29, 1.82) is 0 Å². The molecule has 2 fully saturated rings. The highest BCUT2D eigenvalue weighted by Crippen LogP contribution is 2.50. The number of nitrogens with zero attached hydrogens (tertiary/aromatic N) is 1. The van der Waals surface area contributed by atoms with E-state index < -0.39 is 0 Å². The van der Waals surface area contributed by atoms with Gasteiger partial charge in [0, 0.05) is 23.0 Å². The minimum absolute atomic E-state index is 0.202. The van der Waals surface area contributed by atoms with Crippen molar-refractivity contribution in [2.45, 2.75) is 57.0 Å². The Balaban J connectivity index is 1.74. The van der Waals surface area contributed by atoms with E-state index in [0.717, 1.165) is 11.6 Å². The predicted molar refractivity (Wildman–Crippen MR) is 85.1 cm³/mol. The number of hydrogen-bond donors (Lipinski definition) is 1. The van der Waals surface area contributed by atoms with Gasteiger partial charge >= 0.3 is 0 Å². The minimum Gasteiger partial charge on any atom is -0.327 e. The predicted octanol–water partition coefficient (Wildman–Crippen LogP) is 3.70. The summed E-state index contributed by atoms with van der Waals surface area (Å²) in [5, 5.41) is 0.917. The van der Waals surface area contributed by atoms with Crippen LogP contribution in [0.25, 0.3) is 0 Å². The number of rotatable bonds is 4. The zero-order chi connectivity index (χ0) is 14.2. The summed E-state index contributed by atoms with van der Waals surface area (Å²) in [4.78, 5) is 2.52. The first kappa shape index (κ1) is 14.4. The van der Waals surface area contributed by atoms with Crippen LogP contribution in [-0.4, -0.2) is 24.0 Å². The molecule has 1 unspecified atom stereocenters. The van der Waals surface area contributed by atoms with Crippen LogP contribution in [0.4, 0.5) is 0 Å². The molecule has 3 heteroatoms. The molecule has 1 atom stereocenters. The van der Waals surface area contributed by atoms with E-state index in [9.17, 15) is 0 Å². The van der Waals surface area contributed by atoms with Crippen LogP contribution in [0.5, 0.6) is 0 Å². The highest BCUT2D eigenvalue weighted by Gasteiger charge is 2.47. The molecule has 20 heavy (non-hydrogen) atoms. The minimum atomic E-state index is 0.202. The molecule has 0 amide bonds. The van der Waals surface area contributed by atoms with Crippen molar-refractivity contribution >= 4 is 11.6 Å². The van der Waals surface area contributed by atoms with Gasteiger partial charge in [-0.05, 0) is 62.9 Å². The fraction of sp³-hybridized carbons (Fsp3) is 0.647. The van der Waals surface area contributed by atoms with Crippen LogP contribution in [-0.2, 0) is 12.0 Å². The molecule has 1 aromatic rings. The lowest BCUT2D eigenvalue weighted by molar-refractivity contribution is 0.221. The zero-order valence-corrected chi connectivity index (χ0v) is 13.1. The van der Waals surface area contributed by atoms with Gasteiger partial charge in [0.1, 0.15) is 0 Å². The fourth-order valence-electron chi connectivity index (χ4n) is 3.49. The lowest BCUT2D eigenvalue weighted by Gasteiger charge is -2.27. The van der Waals surface area contributed by atoms with E-state index in [4.69, 9.17) is 17.3 Å². The van der Waals surface area contributed by atoms with Crippen molar-refractivity contribution < 1.29 is 0 Å². The smallest absolute Gasteiger partial charge is 0.0453 e. The molecule has 1 heterocycles. The van der Waals surface area contributed by atoms with Gasteiger partial charge in [0.2, 0.25) is 0 Å². The maximum absolute atomic E-state index is 6.52. The largest absolute Gasteiger partial charge is 0.327 e. The highest BCUT2D eigenvalue weighted by atomic mass is 35.5. The molecule has 3 rings (SSSR count). The number of nitrogens with two attached hydrogens (primary N) is 1. The van der Waals surface area contributed by atoms with Crippen LogP contribution >= 0.6 is 11.6 Å². The number of piperidine rings is 1. The van der Waals surface area contributed by atoms with Crippen LogP contribution < -0.4 is 5.73 Å². The molecule has 2 nitrogen and oxygen atoms in total. The first-order chi connectivity index (χ1) is 9.62. The molecular formula is C17H25ClN2. The van der Waals surface area contributed by atoms with Crippen molar-refractivity contribution in [2.24, 2.45) is 5.73 Å². The van der Waals surface area contributed by atoms with E-state index in [-0.39, 0.29) is 11.5 Å². The van der Waals surface area contributed by atoms with E-state index in [2.05, 4.69) is 30.0 Å². The number of likely N-dealkylation sites (tertiary alicyclic amines) is 1. The van der Waals surface area contributed by atoms with Crippen LogP contribution in [0.2, 0.25) is 5.02 Å². The van der Waals surface area contributed by atoms with E-state index in [1.54, 1.807) is 0 Å². The van der Waals surface area contributed by atoms with Gasteiger partial charge in [0.25, 0.3) is 0 Å². The Morgan fingerprint density at radius 3 is 2.50 bits per heavy atom. The summed E-state index contributed by atoms with van der Waals surface area (Å²) >= 11 is 6.52. The molecule has 1 aliphatic heterocycles. The van der Waals surface area contributed by atoms with Crippen molar-refractivity contribution in [3.63, 3.8) is 0 Å². The number of benzene rings is 1. The van der Waals surface area contributed by atoms with Gasteiger partial charge in [-0.3, -0.25) is 4.90 Å². The standard InChI is InChI=1S/C17H25ClN2/c1-13(19)17(7-8-17)15-6-5-14(16(18)11-15)12-20-9-3-2-4-10-20/h5-6,11,13H,2-4,7-10,12,19H2,1H3. The molecule has 0 aromatic heterocycles. The van der Waals surface area contributed by atoms with Crippen LogP contribution in [0, 0.1) is 0 Å². The Labute approximate surface area is 127 Å². The average molecular weight is 293 g/mol. The summed E-state index contributed by atoms with van der Waals surface area (Å²) in [6.07, 6.45) is 6.42. The van der Waals surface area contributed by atoms with E-state index in [1.165, 1.54) is 56.3 Å². The van der Waals surface area contributed by atoms with E-state index >= 15 is 0 Å². The summed E-state index contributed by atoms with van der Waals surface area (Å²) in [7, 11) is 0. The van der Waals surface area contributed by atoms with Gasteiger partial charge in [0.15, 0.2) is 0 Å². The maximum atomic E-state index is 6.52. The zero-order valence-electron chi connectivity index (χ0n) is 12.4. The highest BCUT2D eigenvalue weighted by molar-refractivity contribution is 6.31. The van der Waals surface area contributed by atoms with Gasteiger partial charge in [-0.15, -0.1) is 0 Å². The lowest BCUT2D eigenvalue weighted by atomic mass is 9.89. The second-order valence-corrected chi connectivity index (χ2v) is 7.00. The Kier molecular flexibility index (Phi) is 4.07. The number of hydrogen-bond acceptors (Lipinski definition) is 2. The summed E-state index contributed by atoms with van der Waals surface area (Å²) in [5.41, 5.74) is 8.95. The Bertz CT molecular complexity index is 474. The van der Waals surface area contributed by atoms with Gasteiger partial charge in [-0.1, -0.05) is 30.2 Å². The Morgan fingerprint density at radius 2 is 1.95 bits per heavy atom. The van der Waals surface area contributed by atoms with Crippen LogP contribution in [0.15, 0.2) is 18.2 Å². The molecule has 1 saturated carbocycles. The molecule has 0 spiro atoms. The second-order valence-electron chi connectivity index (χ2n) is 6.59. The van der Waals surface area contributed by atoms with Gasteiger partial charge in [-0.25, -0.2) is 0 Å². The normalized spacial score (nSPS) is 23.6. The third-order valence-corrected chi connectivity index (χ3v) is 5.48. The molecular weight excluding hydrogens is 268 g/mol. The Morgan fingerprint density at radius 1 is 1.25 bits per heavy atom. The van der Waals surface area contributed by atoms with Crippen LogP contribution in [0.1, 0.15) is 50.2 Å². The second kappa shape index (κ2) is 5.67. The van der Waals surface area contributed by atoms with E-state index in [0.29, 0.717) is 0 Å². The molecule has 1 saturated heterocycles. The van der Waals surface area contributed by atoms with Crippen LogP contribution in [0.3, 0.4) is 0 Å². The lowest BCUT2D eigenvalue weighted by Crippen LogP contribution is -2.31. The summed E-state index contributed by atoms with van der Waals surface area (Å²) < 4.78 is 0. The van der Waals surface area contributed by atoms with Gasteiger partial charge < -0.3 is 5.73 Å². The van der Waals surface area contributed by atoms with Crippen molar-refractivity contribution in [2.75, 3.05) is 13.1 Å². The van der Waals surface area contributed by atoms with Crippen molar-refractivity contribution in [1.82, 2.24) is 4.90 Å². The quantitative estimate of drug-likeness (QED) is 0.917. The summed E-state index contributed by atoms with van der Waals surface area (Å²) in [5.74, 6) is 0. The molecule has 0 bridgehead atoms. The summed E-state index contributed by atoms with van der Waals surface area (Å²) in [6.45, 7) is 5.52. The third-order valence-electron chi connectivity index (χ3n) is 5.13. The first-order valence-corrected chi connectivity index (χ1v) is 8.26. The van der Waals surface area contributed by atoms with Gasteiger partial charge in [-0.2, -0.15) is 0 Å². The third kappa shape index (κ3) is 2.74. The monoisotopic (exact) mass is 292 g/mol. The molecule has 2 aliphatic rings. The van der Waals surface area contributed by atoms with E-state index in [1.807, 2.05) is 0 Å². The SMILES string of the molecule is CC(N)C1(c2ccc(CN3CCCCC3)c(Cl)c2)CC1. The molecule has 2 N–H and O–H groups in total. The fourth-order valence-corrected chi connectivity index (χ4v) is 3.73. The summed E-state index contributed by atoms with van der Waals surface area (Å²) in [6, 6.07) is 6.85. The molecule has 1 aromatic carbocycles. The molecule has 110 valence electrons. The van der Waals surface area contributed by atoms with Crippen molar-refractivity contribution in [3.8, 4) is 0 Å². The van der Waals surface area contributed by atoms with Gasteiger partial charge in [0.05, 0.1) is 0 Å². The molecule has 0 radical (unpaired) electrons. The Hall–Kier alpha value is -0.570. The topological polar surface area (TPSA) is 29.3 Å².